The van der Waals surface area contributed by atoms with E-state index in [-0.39, 0.29) is 0 Å². The lowest BCUT2D eigenvalue weighted by Gasteiger charge is -2.15. The fourth-order valence-corrected chi connectivity index (χ4v) is 2.29. The second-order valence-corrected chi connectivity index (χ2v) is 4.22. The van der Waals surface area contributed by atoms with Crippen LogP contribution in [0.25, 0.3) is 0 Å². The minimum absolute atomic E-state index is 0.504. The third kappa shape index (κ3) is 2.53. The molecule has 2 rings (SSSR count). The van der Waals surface area contributed by atoms with Gasteiger partial charge in [-0.2, -0.15) is 0 Å². The molecule has 1 aromatic rings. The average molecular weight is 209 g/mol. The molecule has 1 heterocycles. The standard InChI is InChI=1S/C10H19N5/c11-8-7-10-12-13-14-15(10)9-5-3-1-2-4-6-9/h9H,1-8,11H2. The van der Waals surface area contributed by atoms with Gasteiger partial charge in [-0.05, 0) is 29.8 Å². The summed E-state index contributed by atoms with van der Waals surface area (Å²) in [4.78, 5) is 0. The van der Waals surface area contributed by atoms with Crippen LogP contribution in [-0.2, 0) is 6.42 Å². The van der Waals surface area contributed by atoms with E-state index >= 15 is 0 Å². The summed E-state index contributed by atoms with van der Waals surface area (Å²) in [6, 6.07) is 0.504. The van der Waals surface area contributed by atoms with E-state index in [4.69, 9.17) is 5.73 Å². The van der Waals surface area contributed by atoms with Crippen molar-refractivity contribution in [2.75, 3.05) is 6.54 Å². The zero-order valence-corrected chi connectivity index (χ0v) is 9.10. The van der Waals surface area contributed by atoms with Gasteiger partial charge in [0.2, 0.25) is 0 Å². The predicted octanol–water partition coefficient (Wildman–Crippen LogP) is 1.07. The smallest absolute Gasteiger partial charge is 0.152 e. The Balaban J connectivity index is 2.08. The van der Waals surface area contributed by atoms with E-state index < -0.39 is 0 Å². The molecule has 0 spiro atoms. The molecule has 1 aliphatic carbocycles. The van der Waals surface area contributed by atoms with Crippen molar-refractivity contribution in [1.82, 2.24) is 20.2 Å². The molecule has 1 fully saturated rings. The van der Waals surface area contributed by atoms with E-state index in [9.17, 15) is 0 Å². The largest absolute Gasteiger partial charge is 0.330 e. The molecule has 1 aliphatic rings. The van der Waals surface area contributed by atoms with E-state index in [1.807, 2.05) is 4.68 Å². The summed E-state index contributed by atoms with van der Waals surface area (Å²) in [6.07, 6.45) is 8.50. The number of rotatable bonds is 3. The van der Waals surface area contributed by atoms with Crippen LogP contribution >= 0.6 is 0 Å². The molecule has 15 heavy (non-hydrogen) atoms. The molecule has 0 unspecified atom stereocenters. The lowest BCUT2D eigenvalue weighted by molar-refractivity contribution is 0.385. The maximum Gasteiger partial charge on any atom is 0.152 e. The molecule has 0 amide bonds. The van der Waals surface area contributed by atoms with E-state index in [1.165, 1.54) is 38.5 Å². The van der Waals surface area contributed by atoms with Crippen molar-refractivity contribution >= 4 is 0 Å². The molecule has 1 aromatic heterocycles. The summed E-state index contributed by atoms with van der Waals surface area (Å²) in [7, 11) is 0. The molecule has 5 heteroatoms. The summed E-state index contributed by atoms with van der Waals surface area (Å²) in [5, 5.41) is 11.9. The highest BCUT2D eigenvalue weighted by Gasteiger charge is 2.18. The summed E-state index contributed by atoms with van der Waals surface area (Å²) < 4.78 is 2.00. The Morgan fingerprint density at radius 3 is 2.60 bits per heavy atom. The molecule has 0 aromatic carbocycles. The highest BCUT2D eigenvalue weighted by molar-refractivity contribution is 4.85. The van der Waals surface area contributed by atoms with Crippen molar-refractivity contribution in [2.24, 2.45) is 5.73 Å². The number of aromatic nitrogens is 4. The van der Waals surface area contributed by atoms with Gasteiger partial charge in [-0.15, -0.1) is 5.10 Å². The van der Waals surface area contributed by atoms with Crippen molar-refractivity contribution in [2.45, 2.75) is 51.0 Å². The highest BCUT2D eigenvalue weighted by Crippen LogP contribution is 2.26. The van der Waals surface area contributed by atoms with Gasteiger partial charge in [-0.1, -0.05) is 25.7 Å². The predicted molar refractivity (Wildman–Crippen MR) is 57.3 cm³/mol. The van der Waals surface area contributed by atoms with Crippen LogP contribution in [0.4, 0.5) is 0 Å². The SMILES string of the molecule is NCCc1nnnn1C1CCCCCC1. The van der Waals surface area contributed by atoms with Crippen molar-refractivity contribution in [3.8, 4) is 0 Å². The number of hydrogen-bond acceptors (Lipinski definition) is 4. The summed E-state index contributed by atoms with van der Waals surface area (Å²) in [6.45, 7) is 0.618. The normalized spacial score (nSPS) is 19.0. The Kier molecular flexibility index (Phi) is 3.66. The average Bonchev–Trinajstić information content (AvgIpc) is 2.53. The van der Waals surface area contributed by atoms with E-state index in [1.54, 1.807) is 0 Å². The zero-order valence-electron chi connectivity index (χ0n) is 9.10. The van der Waals surface area contributed by atoms with Gasteiger partial charge < -0.3 is 5.73 Å². The molecular weight excluding hydrogens is 190 g/mol. The molecular formula is C10H19N5. The molecule has 0 atom stereocenters. The van der Waals surface area contributed by atoms with Crippen LogP contribution in [0, 0.1) is 0 Å². The Morgan fingerprint density at radius 2 is 1.93 bits per heavy atom. The first kappa shape index (κ1) is 10.5. The summed E-state index contributed by atoms with van der Waals surface area (Å²) in [5.41, 5.74) is 5.54. The van der Waals surface area contributed by atoms with Gasteiger partial charge in [-0.3, -0.25) is 0 Å². The highest BCUT2D eigenvalue weighted by atomic mass is 15.5. The number of tetrazole rings is 1. The first-order valence-electron chi connectivity index (χ1n) is 5.88. The monoisotopic (exact) mass is 209 g/mol. The Labute approximate surface area is 90.0 Å². The van der Waals surface area contributed by atoms with Crippen LogP contribution in [0.15, 0.2) is 0 Å². The van der Waals surface area contributed by atoms with Gasteiger partial charge in [0.15, 0.2) is 5.82 Å². The number of hydrogen-bond donors (Lipinski definition) is 1. The first-order chi connectivity index (χ1) is 7.42. The van der Waals surface area contributed by atoms with Gasteiger partial charge in [0.05, 0.1) is 6.04 Å². The van der Waals surface area contributed by atoms with Gasteiger partial charge in [0.25, 0.3) is 0 Å². The van der Waals surface area contributed by atoms with Crippen molar-refractivity contribution in [3.63, 3.8) is 0 Å². The second kappa shape index (κ2) is 5.21. The first-order valence-corrected chi connectivity index (χ1v) is 5.88. The molecule has 1 saturated carbocycles. The number of nitrogens with zero attached hydrogens (tertiary/aromatic N) is 4. The van der Waals surface area contributed by atoms with Crippen molar-refractivity contribution in [1.29, 1.82) is 0 Å². The van der Waals surface area contributed by atoms with Crippen LogP contribution in [0.1, 0.15) is 50.4 Å². The third-order valence-corrected chi connectivity index (χ3v) is 3.10. The fourth-order valence-electron chi connectivity index (χ4n) is 2.29. The maximum atomic E-state index is 5.54. The third-order valence-electron chi connectivity index (χ3n) is 3.10. The van der Waals surface area contributed by atoms with E-state index in [0.717, 1.165) is 12.2 Å². The fraction of sp³-hybridized carbons (Fsp3) is 0.900. The van der Waals surface area contributed by atoms with E-state index in [0.29, 0.717) is 12.6 Å². The van der Waals surface area contributed by atoms with Crippen molar-refractivity contribution in [3.05, 3.63) is 5.82 Å². The van der Waals surface area contributed by atoms with Crippen LogP contribution in [0.5, 0.6) is 0 Å². The molecule has 0 aliphatic heterocycles. The van der Waals surface area contributed by atoms with Gasteiger partial charge in [0, 0.05) is 6.42 Å². The summed E-state index contributed by atoms with van der Waals surface area (Å²) in [5.74, 6) is 0.949. The molecule has 0 radical (unpaired) electrons. The molecule has 84 valence electrons. The van der Waals surface area contributed by atoms with Gasteiger partial charge in [-0.25, -0.2) is 4.68 Å². The minimum atomic E-state index is 0.504. The Hall–Kier alpha value is -0.970. The molecule has 0 bridgehead atoms. The topological polar surface area (TPSA) is 69.6 Å². The van der Waals surface area contributed by atoms with E-state index in [2.05, 4.69) is 15.5 Å². The Morgan fingerprint density at radius 1 is 1.20 bits per heavy atom. The zero-order chi connectivity index (χ0) is 10.5. The molecule has 5 nitrogen and oxygen atoms in total. The lowest BCUT2D eigenvalue weighted by atomic mass is 10.1. The second-order valence-electron chi connectivity index (χ2n) is 4.22. The minimum Gasteiger partial charge on any atom is -0.330 e. The van der Waals surface area contributed by atoms with Crippen LogP contribution < -0.4 is 5.73 Å². The summed E-state index contributed by atoms with van der Waals surface area (Å²) >= 11 is 0. The molecule has 2 N–H and O–H groups in total. The van der Waals surface area contributed by atoms with Crippen LogP contribution in [-0.4, -0.2) is 26.8 Å². The molecule has 0 saturated heterocycles. The van der Waals surface area contributed by atoms with Crippen molar-refractivity contribution < 1.29 is 0 Å². The lowest BCUT2D eigenvalue weighted by Crippen LogP contribution is -2.16. The van der Waals surface area contributed by atoms with Crippen LogP contribution in [0.3, 0.4) is 0 Å². The van der Waals surface area contributed by atoms with Gasteiger partial charge >= 0.3 is 0 Å². The number of nitrogens with two attached hydrogens (primary N) is 1. The maximum absolute atomic E-state index is 5.54. The quantitative estimate of drug-likeness (QED) is 0.756. The Bertz CT molecular complexity index is 288. The van der Waals surface area contributed by atoms with Crippen LogP contribution in [0.2, 0.25) is 0 Å². The van der Waals surface area contributed by atoms with Gasteiger partial charge in [0.1, 0.15) is 0 Å².